The molecule has 0 aliphatic heterocycles. The minimum atomic E-state index is -0.943. The second-order valence-corrected chi connectivity index (χ2v) is 5.30. The van der Waals surface area contributed by atoms with E-state index in [2.05, 4.69) is 20.6 Å². The van der Waals surface area contributed by atoms with E-state index in [9.17, 15) is 9.90 Å². The van der Waals surface area contributed by atoms with Crippen molar-refractivity contribution in [2.24, 2.45) is 0 Å². The molecule has 0 bridgehead atoms. The summed E-state index contributed by atoms with van der Waals surface area (Å²) in [5.74, 6) is 1.01. The van der Waals surface area contributed by atoms with Crippen molar-refractivity contribution in [3.63, 3.8) is 0 Å². The molecule has 122 valence electrons. The Labute approximate surface area is 138 Å². The number of furan rings is 1. The molecule has 1 atom stereocenters. The highest BCUT2D eigenvalue weighted by Gasteiger charge is 2.10. The van der Waals surface area contributed by atoms with Crippen LogP contribution in [-0.2, 0) is 6.42 Å². The van der Waals surface area contributed by atoms with Crippen LogP contribution in [0.2, 0.25) is 0 Å². The number of benzene rings is 1. The van der Waals surface area contributed by atoms with Crippen molar-refractivity contribution in [2.45, 2.75) is 19.4 Å². The highest BCUT2D eigenvalue weighted by atomic mass is 16.3. The van der Waals surface area contributed by atoms with Crippen molar-refractivity contribution in [3.8, 4) is 0 Å². The molecule has 2 N–H and O–H groups in total. The van der Waals surface area contributed by atoms with Crippen LogP contribution in [0.3, 0.4) is 0 Å². The van der Waals surface area contributed by atoms with Crippen molar-refractivity contribution in [1.82, 2.24) is 20.6 Å². The number of rotatable bonds is 6. The Morgan fingerprint density at radius 2 is 2.12 bits per heavy atom. The maximum atomic E-state index is 11.3. The second kappa shape index (κ2) is 7.01. The van der Waals surface area contributed by atoms with E-state index in [4.69, 9.17) is 4.42 Å². The number of hydrogen-bond donors (Lipinski definition) is 2. The van der Waals surface area contributed by atoms with Gasteiger partial charge in [0.25, 0.3) is 0 Å². The molecule has 3 aromatic rings. The number of Topliss-reactive ketones (excluding diaryl/α,β-unsaturated/α-hetero) is 1. The van der Waals surface area contributed by atoms with Crippen molar-refractivity contribution in [1.29, 1.82) is 0 Å². The van der Waals surface area contributed by atoms with E-state index in [1.807, 2.05) is 18.2 Å². The Hall–Kier alpha value is -3.06. The number of aromatic amines is 1. The minimum Gasteiger partial charge on any atom is -0.468 e. The van der Waals surface area contributed by atoms with E-state index in [0.717, 1.165) is 16.9 Å². The first kappa shape index (κ1) is 15.8. The summed E-state index contributed by atoms with van der Waals surface area (Å²) in [4.78, 5) is 11.3. The number of carbonyl (C=O) groups excluding carboxylic acids is 1. The topological polar surface area (TPSA) is 105 Å². The van der Waals surface area contributed by atoms with E-state index in [-0.39, 0.29) is 11.6 Å². The molecule has 1 unspecified atom stereocenters. The summed E-state index contributed by atoms with van der Waals surface area (Å²) in [7, 11) is 0. The summed E-state index contributed by atoms with van der Waals surface area (Å²) in [6, 6.07) is 9.23. The lowest BCUT2D eigenvalue weighted by molar-refractivity contribution is 0.101. The van der Waals surface area contributed by atoms with Gasteiger partial charge in [-0.1, -0.05) is 35.6 Å². The molecule has 0 fully saturated rings. The molecule has 0 saturated carbocycles. The van der Waals surface area contributed by atoms with Gasteiger partial charge in [-0.3, -0.25) is 4.79 Å². The quantitative estimate of drug-likeness (QED) is 0.674. The fourth-order valence-corrected chi connectivity index (χ4v) is 2.26. The smallest absolute Gasteiger partial charge is 0.206 e. The normalized spacial score (nSPS) is 12.6. The maximum Gasteiger partial charge on any atom is 0.206 e. The number of nitrogens with one attached hydrogen (secondary N) is 1. The van der Waals surface area contributed by atoms with Gasteiger partial charge in [0.1, 0.15) is 11.9 Å². The monoisotopic (exact) mass is 324 g/mol. The molecule has 24 heavy (non-hydrogen) atoms. The summed E-state index contributed by atoms with van der Waals surface area (Å²) in [6.07, 6.45) is 4.56. The van der Waals surface area contributed by atoms with Gasteiger partial charge in [-0.05, 0) is 24.6 Å². The van der Waals surface area contributed by atoms with Crippen LogP contribution < -0.4 is 0 Å². The summed E-state index contributed by atoms with van der Waals surface area (Å²) in [5.41, 5.74) is 2.57. The maximum absolute atomic E-state index is 11.3. The van der Waals surface area contributed by atoms with E-state index in [1.54, 1.807) is 37.5 Å². The van der Waals surface area contributed by atoms with Crippen molar-refractivity contribution >= 4 is 11.9 Å². The van der Waals surface area contributed by atoms with Crippen LogP contribution in [-0.4, -0.2) is 31.5 Å². The third-order valence-electron chi connectivity index (χ3n) is 3.59. The largest absolute Gasteiger partial charge is 0.468 e. The standard InChI is InChI=1S/C17H16N4O3/c1-11(22)13-4-2-12(3-5-13)10-16-14(8-9-24-16)6-7-15(23)17-18-20-21-19-17/h2-9,15,23H,10H2,1H3,(H,18,19,20,21). The molecule has 0 aliphatic carbocycles. The Bertz CT molecular complexity index is 835. The van der Waals surface area contributed by atoms with E-state index < -0.39 is 6.10 Å². The van der Waals surface area contributed by atoms with Gasteiger partial charge in [0.15, 0.2) is 5.78 Å². The zero-order valence-corrected chi connectivity index (χ0v) is 13.0. The fourth-order valence-electron chi connectivity index (χ4n) is 2.26. The molecule has 2 heterocycles. The van der Waals surface area contributed by atoms with Gasteiger partial charge < -0.3 is 9.52 Å². The number of carbonyl (C=O) groups is 1. The van der Waals surface area contributed by atoms with Crippen molar-refractivity contribution in [2.75, 3.05) is 0 Å². The van der Waals surface area contributed by atoms with Gasteiger partial charge in [0, 0.05) is 17.5 Å². The molecule has 0 radical (unpaired) electrons. The molecule has 1 aromatic carbocycles. The predicted octanol–water partition coefficient (Wildman–Crippen LogP) is 2.33. The molecule has 2 aromatic heterocycles. The Morgan fingerprint density at radius 1 is 1.33 bits per heavy atom. The van der Waals surface area contributed by atoms with Gasteiger partial charge in [-0.25, -0.2) is 0 Å². The van der Waals surface area contributed by atoms with Crippen LogP contribution in [0.5, 0.6) is 0 Å². The van der Waals surface area contributed by atoms with Crippen LogP contribution in [0.25, 0.3) is 6.08 Å². The molecule has 7 heteroatoms. The molecule has 0 aliphatic rings. The summed E-state index contributed by atoms with van der Waals surface area (Å²) >= 11 is 0. The number of aliphatic hydroxyl groups is 1. The zero-order chi connectivity index (χ0) is 16.9. The van der Waals surface area contributed by atoms with E-state index in [1.165, 1.54) is 0 Å². The molecular weight excluding hydrogens is 308 g/mol. The van der Waals surface area contributed by atoms with Crippen LogP contribution in [0.15, 0.2) is 47.1 Å². The minimum absolute atomic E-state index is 0.0404. The molecule has 0 amide bonds. The predicted molar refractivity (Wildman–Crippen MR) is 86.1 cm³/mol. The van der Waals surface area contributed by atoms with E-state index >= 15 is 0 Å². The van der Waals surface area contributed by atoms with Gasteiger partial charge in [0.2, 0.25) is 5.82 Å². The summed E-state index contributed by atoms with van der Waals surface area (Å²) in [5, 5.41) is 23.1. The molecule has 0 saturated heterocycles. The zero-order valence-electron chi connectivity index (χ0n) is 13.0. The van der Waals surface area contributed by atoms with Crippen molar-refractivity contribution in [3.05, 3.63) is 70.9 Å². The lowest BCUT2D eigenvalue weighted by atomic mass is 10.0. The number of hydrogen-bond acceptors (Lipinski definition) is 6. The van der Waals surface area contributed by atoms with Crippen LogP contribution >= 0.6 is 0 Å². The fraction of sp³-hybridized carbons (Fsp3) is 0.176. The summed E-state index contributed by atoms with van der Waals surface area (Å²) in [6.45, 7) is 1.54. The summed E-state index contributed by atoms with van der Waals surface area (Å²) < 4.78 is 5.52. The first-order valence-electron chi connectivity index (χ1n) is 7.39. The van der Waals surface area contributed by atoms with Crippen LogP contribution in [0, 0.1) is 0 Å². The number of ketones is 1. The highest BCUT2D eigenvalue weighted by molar-refractivity contribution is 5.94. The average molecular weight is 324 g/mol. The second-order valence-electron chi connectivity index (χ2n) is 5.30. The van der Waals surface area contributed by atoms with Gasteiger partial charge >= 0.3 is 0 Å². The Balaban J connectivity index is 1.72. The molecule has 3 rings (SSSR count). The Kier molecular flexibility index (Phi) is 4.62. The Morgan fingerprint density at radius 3 is 2.79 bits per heavy atom. The van der Waals surface area contributed by atoms with E-state index in [0.29, 0.717) is 12.0 Å². The lowest BCUT2D eigenvalue weighted by Gasteiger charge is -2.02. The van der Waals surface area contributed by atoms with Gasteiger partial charge in [0.05, 0.1) is 6.26 Å². The van der Waals surface area contributed by atoms with Crippen molar-refractivity contribution < 1.29 is 14.3 Å². The first-order chi connectivity index (χ1) is 11.6. The molecule has 7 nitrogen and oxygen atoms in total. The van der Waals surface area contributed by atoms with Crippen LogP contribution in [0.4, 0.5) is 0 Å². The number of H-pyrrole nitrogens is 1. The number of aliphatic hydroxyl groups excluding tert-OH is 1. The van der Waals surface area contributed by atoms with Gasteiger partial charge in [-0.2, -0.15) is 5.21 Å². The SMILES string of the molecule is CC(=O)c1ccc(Cc2occc2C=CC(O)c2nn[nH]n2)cc1. The third-order valence-corrected chi connectivity index (χ3v) is 3.59. The highest BCUT2D eigenvalue weighted by Crippen LogP contribution is 2.19. The molecular formula is C17H16N4O3. The number of tetrazole rings is 1. The van der Waals surface area contributed by atoms with Gasteiger partial charge in [-0.15, -0.1) is 10.2 Å². The number of aromatic nitrogens is 4. The lowest BCUT2D eigenvalue weighted by Crippen LogP contribution is -1.96. The van der Waals surface area contributed by atoms with Crippen LogP contribution in [0.1, 0.15) is 46.1 Å². The molecule has 0 spiro atoms. The average Bonchev–Trinajstić information content (AvgIpc) is 3.25. The third kappa shape index (κ3) is 3.64. The first-order valence-corrected chi connectivity index (χ1v) is 7.39. The number of nitrogens with zero attached hydrogens (tertiary/aromatic N) is 3.